The average molecular weight is 268 g/mol. The van der Waals surface area contributed by atoms with Gasteiger partial charge in [0.25, 0.3) is 0 Å². The lowest BCUT2D eigenvalue weighted by Crippen LogP contribution is -1.98. The summed E-state index contributed by atoms with van der Waals surface area (Å²) in [6.07, 6.45) is -1.27. The van der Waals surface area contributed by atoms with Crippen LogP contribution in [-0.2, 0) is 0 Å². The van der Waals surface area contributed by atoms with Crippen molar-refractivity contribution in [2.45, 2.75) is 6.10 Å². The van der Waals surface area contributed by atoms with Crippen LogP contribution in [0.25, 0.3) is 0 Å². The molecule has 0 radical (unpaired) electrons. The first kappa shape index (κ1) is 5.83. The zero-order chi connectivity index (χ0) is 15.0. The molecule has 1 atom stereocenters. The Morgan fingerprint density at radius 2 is 1.60 bits per heavy atom. The molecule has 1 unspecified atom stereocenters. The van der Waals surface area contributed by atoms with E-state index in [-0.39, 0.29) is 17.6 Å². The van der Waals surface area contributed by atoms with Gasteiger partial charge in [-0.3, -0.25) is 0 Å². The van der Waals surface area contributed by atoms with E-state index in [0.29, 0.717) is 5.56 Å². The van der Waals surface area contributed by atoms with Crippen LogP contribution in [0.4, 0.5) is 0 Å². The molecule has 0 amide bonds. The largest absolute Gasteiger partial charge is 0.384 e. The SMILES string of the molecule is [2H]c1c([2H])c([2H])c(C(O)c2ccc(Br)cc2)c([2H])c1[2H]. The Morgan fingerprint density at radius 3 is 2.20 bits per heavy atom. The van der Waals surface area contributed by atoms with E-state index in [4.69, 9.17) is 6.85 Å². The van der Waals surface area contributed by atoms with Crippen molar-refractivity contribution in [3.8, 4) is 0 Å². The number of rotatable bonds is 2. The van der Waals surface area contributed by atoms with Crippen LogP contribution < -0.4 is 0 Å². The van der Waals surface area contributed by atoms with Crippen molar-refractivity contribution in [3.63, 3.8) is 0 Å². The van der Waals surface area contributed by atoms with E-state index < -0.39 is 24.2 Å². The van der Waals surface area contributed by atoms with Gasteiger partial charge in [-0.2, -0.15) is 0 Å². The molecule has 15 heavy (non-hydrogen) atoms. The van der Waals surface area contributed by atoms with Crippen molar-refractivity contribution in [2.24, 2.45) is 0 Å². The Morgan fingerprint density at radius 1 is 1.00 bits per heavy atom. The predicted molar refractivity (Wildman–Crippen MR) is 64.6 cm³/mol. The van der Waals surface area contributed by atoms with E-state index in [1.807, 2.05) is 0 Å². The highest BCUT2D eigenvalue weighted by Gasteiger charge is 2.08. The molecule has 0 saturated carbocycles. The summed E-state index contributed by atoms with van der Waals surface area (Å²) in [4.78, 5) is 0. The fourth-order valence-corrected chi connectivity index (χ4v) is 1.47. The van der Waals surface area contributed by atoms with Gasteiger partial charge in [-0.1, -0.05) is 58.3 Å². The van der Waals surface area contributed by atoms with Gasteiger partial charge >= 0.3 is 0 Å². The van der Waals surface area contributed by atoms with Crippen molar-refractivity contribution in [2.75, 3.05) is 0 Å². The monoisotopic (exact) mass is 267 g/mol. The Hall–Kier alpha value is -1.12. The summed E-state index contributed by atoms with van der Waals surface area (Å²) in [5.41, 5.74) is 0.352. The summed E-state index contributed by atoms with van der Waals surface area (Å²) in [5.74, 6) is 0. The lowest BCUT2D eigenvalue weighted by Gasteiger charge is -2.11. The van der Waals surface area contributed by atoms with Gasteiger partial charge in [0.05, 0.1) is 6.85 Å². The molecule has 2 aromatic carbocycles. The third-order valence-electron chi connectivity index (χ3n) is 1.98. The minimum absolute atomic E-state index is 0.113. The molecule has 2 rings (SSSR count). The first-order valence-electron chi connectivity index (χ1n) is 6.85. The summed E-state index contributed by atoms with van der Waals surface area (Å²) in [7, 11) is 0. The van der Waals surface area contributed by atoms with E-state index in [9.17, 15) is 5.11 Å². The molecule has 2 aromatic rings. The van der Waals surface area contributed by atoms with Crippen molar-refractivity contribution >= 4 is 15.9 Å². The molecule has 0 aliphatic heterocycles. The lowest BCUT2D eigenvalue weighted by molar-refractivity contribution is 0.220. The first-order chi connectivity index (χ1) is 9.34. The summed E-state index contributed by atoms with van der Waals surface area (Å²) in [5, 5.41) is 10.3. The Kier molecular flexibility index (Phi) is 1.79. The van der Waals surface area contributed by atoms with Gasteiger partial charge in [0.1, 0.15) is 6.10 Å². The zero-order valence-electron chi connectivity index (χ0n) is 12.7. The van der Waals surface area contributed by atoms with Crippen LogP contribution >= 0.6 is 15.9 Å². The average Bonchev–Trinajstić information content (AvgIpc) is 2.44. The molecule has 0 saturated heterocycles. The van der Waals surface area contributed by atoms with Gasteiger partial charge in [0.2, 0.25) is 0 Å². The molecule has 1 N–H and O–H groups in total. The molecule has 0 aromatic heterocycles. The molecule has 0 spiro atoms. The summed E-state index contributed by atoms with van der Waals surface area (Å²) >= 11 is 3.27. The zero-order valence-corrected chi connectivity index (χ0v) is 9.30. The molecular weight excluding hydrogens is 252 g/mol. The quantitative estimate of drug-likeness (QED) is 0.883. The highest BCUT2D eigenvalue weighted by atomic mass is 79.9. The van der Waals surface area contributed by atoms with Crippen LogP contribution in [0, 0.1) is 0 Å². The molecule has 0 bridgehead atoms. The van der Waals surface area contributed by atoms with Gasteiger partial charge in [-0.15, -0.1) is 0 Å². The molecule has 2 heteroatoms. The first-order valence-corrected chi connectivity index (χ1v) is 5.14. The molecule has 0 aliphatic carbocycles. The fraction of sp³-hybridized carbons (Fsp3) is 0.0769. The second-order valence-corrected chi connectivity index (χ2v) is 3.91. The van der Waals surface area contributed by atoms with Crippen LogP contribution in [-0.4, -0.2) is 5.11 Å². The number of aliphatic hydroxyl groups is 1. The lowest BCUT2D eigenvalue weighted by atomic mass is 10.0. The highest BCUT2D eigenvalue weighted by molar-refractivity contribution is 9.10. The van der Waals surface area contributed by atoms with E-state index in [1.54, 1.807) is 24.3 Å². The minimum atomic E-state index is -1.27. The topological polar surface area (TPSA) is 20.2 Å². The summed E-state index contributed by atoms with van der Waals surface area (Å²) < 4.78 is 39.2. The van der Waals surface area contributed by atoms with E-state index in [1.165, 1.54) is 0 Å². The van der Waals surface area contributed by atoms with Crippen LogP contribution in [0.2, 0.25) is 0 Å². The third-order valence-corrected chi connectivity index (χ3v) is 2.51. The normalized spacial score (nSPS) is 17.1. The van der Waals surface area contributed by atoms with Gasteiger partial charge in [-0.25, -0.2) is 0 Å². The van der Waals surface area contributed by atoms with Gasteiger partial charge < -0.3 is 5.11 Å². The number of aliphatic hydroxyl groups excluding tert-OH is 1. The van der Waals surface area contributed by atoms with E-state index in [0.717, 1.165) is 4.47 Å². The summed E-state index contributed by atoms with van der Waals surface area (Å²) in [6.45, 7) is 0. The maximum Gasteiger partial charge on any atom is 0.104 e. The smallest absolute Gasteiger partial charge is 0.104 e. The van der Waals surface area contributed by atoms with Crippen molar-refractivity contribution in [1.29, 1.82) is 0 Å². The maximum absolute atomic E-state index is 10.3. The van der Waals surface area contributed by atoms with Crippen LogP contribution in [0.15, 0.2) is 59.0 Å². The second-order valence-electron chi connectivity index (χ2n) is 2.99. The van der Waals surface area contributed by atoms with Gasteiger partial charge in [-0.05, 0) is 23.3 Å². The Bertz CT molecular complexity index is 628. The minimum Gasteiger partial charge on any atom is -0.384 e. The van der Waals surface area contributed by atoms with Crippen molar-refractivity contribution < 1.29 is 12.0 Å². The molecule has 0 fully saturated rings. The Balaban J connectivity index is 2.60. The number of halogens is 1. The predicted octanol–water partition coefficient (Wildman–Crippen LogP) is 3.53. The van der Waals surface area contributed by atoms with E-state index in [2.05, 4.69) is 15.9 Å². The standard InChI is InChI=1S/C13H11BrO/c14-12-8-6-11(7-9-12)13(15)10-4-2-1-3-5-10/h1-9,13,15H/i1D,2D,3D,4D,5D. The molecule has 1 nitrogen and oxygen atoms in total. The van der Waals surface area contributed by atoms with Gasteiger partial charge in [0.15, 0.2) is 0 Å². The van der Waals surface area contributed by atoms with E-state index >= 15 is 0 Å². The molecule has 0 heterocycles. The molecule has 0 aliphatic rings. The highest BCUT2D eigenvalue weighted by Crippen LogP contribution is 2.22. The Labute approximate surface area is 105 Å². The van der Waals surface area contributed by atoms with Crippen LogP contribution in [0.5, 0.6) is 0 Å². The molecule has 76 valence electrons. The number of hydrogen-bond donors (Lipinski definition) is 1. The van der Waals surface area contributed by atoms with Crippen molar-refractivity contribution in [1.82, 2.24) is 0 Å². The summed E-state index contributed by atoms with van der Waals surface area (Å²) in [6, 6.07) is 4.58. The molecular formula is C13H11BrO. The second kappa shape index (κ2) is 4.60. The van der Waals surface area contributed by atoms with Crippen molar-refractivity contribution in [3.05, 3.63) is 70.1 Å². The van der Waals surface area contributed by atoms with Crippen LogP contribution in [0.3, 0.4) is 0 Å². The number of hydrogen-bond acceptors (Lipinski definition) is 1. The third kappa shape index (κ3) is 2.46. The number of benzene rings is 2. The van der Waals surface area contributed by atoms with Gasteiger partial charge in [0, 0.05) is 4.47 Å². The fourth-order valence-electron chi connectivity index (χ4n) is 1.21. The maximum atomic E-state index is 10.3. The van der Waals surface area contributed by atoms with Crippen LogP contribution in [0.1, 0.15) is 24.1 Å².